The van der Waals surface area contributed by atoms with E-state index in [0.717, 1.165) is 37.1 Å². The third kappa shape index (κ3) is 2.66. The molecule has 8 nitrogen and oxygen atoms in total. The second-order valence-electron chi connectivity index (χ2n) is 5.09. The number of nitrogens with zero attached hydrogens (tertiary/aromatic N) is 2. The number of hydrogen-bond acceptors (Lipinski definition) is 6. The number of H-pyrrole nitrogens is 1. The molecule has 0 bridgehead atoms. The smallest absolute Gasteiger partial charge is 0.248 e. The quantitative estimate of drug-likeness (QED) is 0.760. The van der Waals surface area contributed by atoms with Gasteiger partial charge >= 0.3 is 0 Å². The maximum absolute atomic E-state index is 12.2. The van der Waals surface area contributed by atoms with Crippen LogP contribution < -0.4 is 10.5 Å². The fraction of sp³-hybridized carbons (Fsp3) is 0.500. The van der Waals surface area contributed by atoms with Gasteiger partial charge in [0, 0.05) is 5.69 Å². The molecule has 114 valence electrons. The zero-order valence-corrected chi connectivity index (χ0v) is 12.5. The number of anilines is 1. The Balaban J connectivity index is 1.76. The lowest BCUT2D eigenvalue weighted by molar-refractivity contribution is 0.396. The van der Waals surface area contributed by atoms with Crippen LogP contribution in [0.1, 0.15) is 35.8 Å². The molecule has 3 rings (SSSR count). The van der Waals surface area contributed by atoms with E-state index in [2.05, 4.69) is 19.8 Å². The summed E-state index contributed by atoms with van der Waals surface area (Å²) in [6.07, 6.45) is 4.17. The van der Waals surface area contributed by atoms with E-state index in [1.807, 2.05) is 0 Å². The lowest BCUT2D eigenvalue weighted by Gasteiger charge is -2.07. The Morgan fingerprint density at radius 1 is 1.38 bits per heavy atom. The Bertz CT molecular complexity index is 719. The monoisotopic (exact) mass is 311 g/mol. The van der Waals surface area contributed by atoms with Crippen molar-refractivity contribution in [3.63, 3.8) is 0 Å². The number of sulfonamides is 1. The molecule has 0 unspecified atom stereocenters. The highest BCUT2D eigenvalue weighted by Crippen LogP contribution is 2.22. The van der Waals surface area contributed by atoms with Gasteiger partial charge in [0.15, 0.2) is 16.5 Å². The Kier molecular flexibility index (Phi) is 3.46. The summed E-state index contributed by atoms with van der Waals surface area (Å²) in [7, 11) is -3.77. The van der Waals surface area contributed by atoms with Crippen LogP contribution in [0.15, 0.2) is 9.42 Å². The minimum absolute atomic E-state index is 0.0827. The highest BCUT2D eigenvalue weighted by Gasteiger charge is 2.25. The second-order valence-corrected chi connectivity index (χ2v) is 6.80. The third-order valence-electron chi connectivity index (χ3n) is 3.54. The molecule has 21 heavy (non-hydrogen) atoms. The van der Waals surface area contributed by atoms with Gasteiger partial charge in [-0.2, -0.15) is 0 Å². The molecule has 0 aliphatic heterocycles. The molecule has 0 saturated carbocycles. The molecule has 0 atom stereocenters. The highest BCUT2D eigenvalue weighted by atomic mass is 32.2. The van der Waals surface area contributed by atoms with Crippen molar-refractivity contribution in [3.8, 4) is 0 Å². The summed E-state index contributed by atoms with van der Waals surface area (Å²) in [6.45, 7) is 1.59. The molecule has 0 saturated heterocycles. The third-order valence-corrected chi connectivity index (χ3v) is 5.09. The maximum Gasteiger partial charge on any atom is 0.248 e. The molecule has 4 N–H and O–H groups in total. The highest BCUT2D eigenvalue weighted by molar-refractivity contribution is 7.89. The number of hydrogen-bond donors (Lipinski definition) is 3. The first kappa shape index (κ1) is 14.1. The molecule has 1 aliphatic rings. The summed E-state index contributed by atoms with van der Waals surface area (Å²) in [5.74, 6) is 0.635. The van der Waals surface area contributed by atoms with Crippen LogP contribution in [0.3, 0.4) is 0 Å². The summed E-state index contributed by atoms with van der Waals surface area (Å²) in [5, 5.41) is 3.45. The van der Waals surface area contributed by atoms with Gasteiger partial charge in [0.25, 0.3) is 0 Å². The summed E-state index contributed by atoms with van der Waals surface area (Å²) < 4.78 is 31.7. The predicted octanol–water partition coefficient (Wildman–Crippen LogP) is 0.646. The van der Waals surface area contributed by atoms with E-state index in [0.29, 0.717) is 5.82 Å². The van der Waals surface area contributed by atoms with E-state index in [1.54, 1.807) is 0 Å². The molecule has 0 radical (unpaired) electrons. The normalized spacial score (nSPS) is 15.1. The Labute approximate surface area is 122 Å². The van der Waals surface area contributed by atoms with Crippen molar-refractivity contribution in [2.45, 2.75) is 44.0 Å². The number of nitrogens with one attached hydrogen (secondary N) is 2. The number of fused-ring (bicyclic) bond motifs is 1. The van der Waals surface area contributed by atoms with Crippen LogP contribution >= 0.6 is 0 Å². The number of imidazole rings is 1. The minimum atomic E-state index is -3.77. The Morgan fingerprint density at radius 2 is 2.14 bits per heavy atom. The van der Waals surface area contributed by atoms with Crippen molar-refractivity contribution in [1.29, 1.82) is 0 Å². The van der Waals surface area contributed by atoms with Crippen LogP contribution in [-0.4, -0.2) is 23.5 Å². The molecule has 2 heterocycles. The topological polar surface area (TPSA) is 127 Å². The van der Waals surface area contributed by atoms with Gasteiger partial charge in [0.2, 0.25) is 10.0 Å². The summed E-state index contributed by atoms with van der Waals surface area (Å²) >= 11 is 0. The van der Waals surface area contributed by atoms with E-state index in [4.69, 9.17) is 10.3 Å². The van der Waals surface area contributed by atoms with Gasteiger partial charge in [-0.1, -0.05) is 5.16 Å². The van der Waals surface area contributed by atoms with E-state index in [9.17, 15) is 8.42 Å². The van der Waals surface area contributed by atoms with Crippen LogP contribution in [0.5, 0.6) is 0 Å². The Hall–Kier alpha value is -1.87. The first-order valence-corrected chi connectivity index (χ1v) is 8.24. The van der Waals surface area contributed by atoms with Gasteiger partial charge in [-0.15, -0.1) is 0 Å². The largest absolute Gasteiger partial charge is 0.380 e. The molecule has 2 aromatic heterocycles. The fourth-order valence-corrected chi connectivity index (χ4v) is 3.74. The summed E-state index contributed by atoms with van der Waals surface area (Å²) in [4.78, 5) is 7.49. The van der Waals surface area contributed by atoms with E-state index < -0.39 is 10.0 Å². The van der Waals surface area contributed by atoms with Crippen molar-refractivity contribution >= 4 is 15.8 Å². The fourth-order valence-electron chi connectivity index (χ4n) is 2.54. The average molecular weight is 311 g/mol. The molecule has 9 heteroatoms. The molecule has 0 spiro atoms. The van der Waals surface area contributed by atoms with Crippen LogP contribution in [0, 0.1) is 6.92 Å². The number of aromatic nitrogens is 3. The van der Waals surface area contributed by atoms with Crippen LogP contribution in [0.4, 0.5) is 5.82 Å². The molecular formula is C12H17N5O3S. The van der Waals surface area contributed by atoms with Gasteiger partial charge in [-0.05, 0) is 32.6 Å². The van der Waals surface area contributed by atoms with E-state index in [-0.39, 0.29) is 23.0 Å². The van der Waals surface area contributed by atoms with Crippen molar-refractivity contribution in [3.05, 3.63) is 23.0 Å². The van der Waals surface area contributed by atoms with Gasteiger partial charge in [-0.3, -0.25) is 0 Å². The standard InChI is InChI=1S/C12H17N5O3S/c1-7-11(12(13)17-20-7)21(18,19)14-6-10-15-8-4-2-3-5-9(8)16-10/h14H,2-6H2,1H3,(H2,13,17)(H,15,16). The number of rotatable bonds is 4. The van der Waals surface area contributed by atoms with Gasteiger partial charge in [0.1, 0.15) is 5.82 Å². The number of aryl methyl sites for hydroxylation is 3. The Morgan fingerprint density at radius 3 is 2.81 bits per heavy atom. The number of nitrogens with two attached hydrogens (primary N) is 1. The zero-order chi connectivity index (χ0) is 15.0. The number of aromatic amines is 1. The molecule has 0 amide bonds. The first-order chi connectivity index (χ1) is 9.97. The average Bonchev–Trinajstić information content (AvgIpc) is 3.00. The maximum atomic E-state index is 12.2. The van der Waals surface area contributed by atoms with Gasteiger partial charge in [0.05, 0.1) is 12.2 Å². The molecular weight excluding hydrogens is 294 g/mol. The summed E-state index contributed by atoms with van der Waals surface area (Å²) in [5.41, 5.74) is 7.67. The van der Waals surface area contributed by atoms with Crippen molar-refractivity contribution < 1.29 is 12.9 Å². The molecule has 0 aromatic carbocycles. The van der Waals surface area contributed by atoms with E-state index >= 15 is 0 Å². The van der Waals surface area contributed by atoms with Crippen LogP contribution in [-0.2, 0) is 29.4 Å². The zero-order valence-electron chi connectivity index (χ0n) is 11.6. The molecule has 1 aliphatic carbocycles. The van der Waals surface area contributed by atoms with Crippen molar-refractivity contribution in [2.24, 2.45) is 0 Å². The second kappa shape index (κ2) is 5.15. The molecule has 2 aromatic rings. The predicted molar refractivity (Wildman–Crippen MR) is 74.9 cm³/mol. The van der Waals surface area contributed by atoms with Crippen LogP contribution in [0.2, 0.25) is 0 Å². The van der Waals surface area contributed by atoms with Gasteiger partial charge in [-0.25, -0.2) is 18.1 Å². The van der Waals surface area contributed by atoms with Crippen molar-refractivity contribution in [1.82, 2.24) is 19.8 Å². The van der Waals surface area contributed by atoms with Crippen molar-refractivity contribution in [2.75, 3.05) is 5.73 Å². The SMILES string of the molecule is Cc1onc(N)c1S(=O)(=O)NCc1nc2c([nH]1)CCCC2. The minimum Gasteiger partial charge on any atom is -0.380 e. The van der Waals surface area contributed by atoms with Gasteiger partial charge < -0.3 is 15.2 Å². The van der Waals surface area contributed by atoms with E-state index in [1.165, 1.54) is 6.92 Å². The lowest BCUT2D eigenvalue weighted by Crippen LogP contribution is -2.25. The number of nitrogen functional groups attached to an aromatic ring is 1. The lowest BCUT2D eigenvalue weighted by atomic mass is 10.0. The summed E-state index contributed by atoms with van der Waals surface area (Å²) in [6, 6.07) is 0. The molecule has 0 fully saturated rings. The first-order valence-electron chi connectivity index (χ1n) is 6.75. The van der Waals surface area contributed by atoms with Crippen LogP contribution in [0.25, 0.3) is 0 Å².